The smallest absolute Gasteiger partial charge is 0.235 e. The normalized spacial score (nSPS) is 13.3. The molecule has 0 unspecified atom stereocenters. The van der Waals surface area contributed by atoms with E-state index in [1.807, 2.05) is 31.2 Å². The highest BCUT2D eigenvalue weighted by molar-refractivity contribution is 9.10. The highest BCUT2D eigenvalue weighted by Gasteiger charge is 2.16. The molecule has 1 amide bonds. The van der Waals surface area contributed by atoms with E-state index in [0.29, 0.717) is 0 Å². The lowest BCUT2D eigenvalue weighted by Crippen LogP contribution is -2.38. The van der Waals surface area contributed by atoms with Crippen LogP contribution in [0.1, 0.15) is 18.5 Å². The standard InChI is InChI=1S/C12H17BrN2O3S/c1-9(10-4-6-11(13)7-5-10)14-12(16)8-15(2)19(3,17)18/h4-7,9H,8H2,1-3H3,(H,14,16)/t9-/m0/s1. The summed E-state index contributed by atoms with van der Waals surface area (Å²) in [4.78, 5) is 11.7. The van der Waals surface area contributed by atoms with Crippen molar-refractivity contribution >= 4 is 31.9 Å². The van der Waals surface area contributed by atoms with Gasteiger partial charge >= 0.3 is 0 Å². The molecule has 7 heteroatoms. The van der Waals surface area contributed by atoms with Gasteiger partial charge in [-0.2, -0.15) is 4.31 Å². The fraction of sp³-hybridized carbons (Fsp3) is 0.417. The van der Waals surface area contributed by atoms with Crippen LogP contribution in [-0.4, -0.2) is 38.5 Å². The number of benzene rings is 1. The molecule has 0 radical (unpaired) electrons. The Morgan fingerprint density at radius 2 is 1.89 bits per heavy atom. The highest BCUT2D eigenvalue weighted by Crippen LogP contribution is 2.16. The van der Waals surface area contributed by atoms with Crippen LogP contribution >= 0.6 is 15.9 Å². The molecule has 0 saturated heterocycles. The van der Waals surface area contributed by atoms with Crippen LogP contribution in [0.15, 0.2) is 28.7 Å². The largest absolute Gasteiger partial charge is 0.348 e. The van der Waals surface area contributed by atoms with Crippen LogP contribution in [-0.2, 0) is 14.8 Å². The van der Waals surface area contributed by atoms with Gasteiger partial charge in [-0.05, 0) is 24.6 Å². The zero-order valence-electron chi connectivity index (χ0n) is 11.1. The van der Waals surface area contributed by atoms with Gasteiger partial charge < -0.3 is 5.32 Å². The summed E-state index contributed by atoms with van der Waals surface area (Å²) < 4.78 is 24.4. The van der Waals surface area contributed by atoms with Crippen LogP contribution < -0.4 is 5.32 Å². The first-order chi connectivity index (χ1) is 8.70. The third kappa shape index (κ3) is 5.30. The van der Waals surface area contributed by atoms with E-state index < -0.39 is 10.0 Å². The molecule has 1 N–H and O–H groups in total. The average Bonchev–Trinajstić information content (AvgIpc) is 2.28. The Hall–Kier alpha value is -0.920. The van der Waals surface area contributed by atoms with Gasteiger partial charge in [0, 0.05) is 11.5 Å². The summed E-state index contributed by atoms with van der Waals surface area (Å²) in [5, 5.41) is 2.76. The van der Waals surface area contributed by atoms with Crippen molar-refractivity contribution < 1.29 is 13.2 Å². The number of carbonyl (C=O) groups is 1. The quantitative estimate of drug-likeness (QED) is 0.877. The number of rotatable bonds is 5. The van der Waals surface area contributed by atoms with Crippen molar-refractivity contribution in [1.29, 1.82) is 0 Å². The zero-order valence-corrected chi connectivity index (χ0v) is 13.5. The van der Waals surface area contributed by atoms with Gasteiger partial charge in [-0.15, -0.1) is 0 Å². The van der Waals surface area contributed by atoms with Crippen LogP contribution in [0.3, 0.4) is 0 Å². The molecule has 1 atom stereocenters. The first-order valence-electron chi connectivity index (χ1n) is 5.66. The molecule has 1 aromatic rings. The van der Waals surface area contributed by atoms with Crippen LogP contribution in [0.4, 0.5) is 0 Å². The van der Waals surface area contributed by atoms with E-state index in [0.717, 1.165) is 20.6 Å². The predicted molar refractivity (Wildman–Crippen MR) is 78.2 cm³/mol. The number of nitrogens with zero attached hydrogens (tertiary/aromatic N) is 1. The summed E-state index contributed by atoms with van der Waals surface area (Å²) in [5.74, 6) is -0.330. The van der Waals surface area contributed by atoms with E-state index in [1.165, 1.54) is 7.05 Å². The van der Waals surface area contributed by atoms with E-state index in [2.05, 4.69) is 21.2 Å². The van der Waals surface area contributed by atoms with Crippen molar-refractivity contribution in [3.05, 3.63) is 34.3 Å². The zero-order chi connectivity index (χ0) is 14.6. The van der Waals surface area contributed by atoms with Gasteiger partial charge in [0.2, 0.25) is 15.9 Å². The van der Waals surface area contributed by atoms with E-state index in [-0.39, 0.29) is 18.5 Å². The number of halogens is 1. The molecule has 1 rings (SSSR count). The number of nitrogens with one attached hydrogen (secondary N) is 1. The third-order valence-corrected chi connectivity index (χ3v) is 4.47. The fourth-order valence-electron chi connectivity index (χ4n) is 1.44. The van der Waals surface area contributed by atoms with Gasteiger partial charge in [0.05, 0.1) is 18.8 Å². The van der Waals surface area contributed by atoms with E-state index in [4.69, 9.17) is 0 Å². The molecular weight excluding hydrogens is 332 g/mol. The Balaban J connectivity index is 2.60. The van der Waals surface area contributed by atoms with Crippen molar-refractivity contribution in [2.45, 2.75) is 13.0 Å². The Bertz CT molecular complexity index is 543. The Kier molecular flexibility index (Phi) is 5.51. The average molecular weight is 349 g/mol. The minimum absolute atomic E-state index is 0.173. The first kappa shape index (κ1) is 16.1. The van der Waals surface area contributed by atoms with Crippen LogP contribution in [0, 0.1) is 0 Å². The van der Waals surface area contributed by atoms with Crippen molar-refractivity contribution in [2.24, 2.45) is 0 Å². The number of carbonyl (C=O) groups excluding carboxylic acids is 1. The maximum absolute atomic E-state index is 11.7. The number of amides is 1. The lowest BCUT2D eigenvalue weighted by Gasteiger charge is -2.17. The van der Waals surface area contributed by atoms with E-state index >= 15 is 0 Å². The summed E-state index contributed by atoms with van der Waals surface area (Å²) in [6, 6.07) is 7.40. The topological polar surface area (TPSA) is 66.5 Å². The highest BCUT2D eigenvalue weighted by atomic mass is 79.9. The minimum Gasteiger partial charge on any atom is -0.348 e. The summed E-state index contributed by atoms with van der Waals surface area (Å²) in [7, 11) is -1.96. The first-order valence-corrected chi connectivity index (χ1v) is 8.30. The van der Waals surface area contributed by atoms with Gasteiger partial charge in [-0.25, -0.2) is 8.42 Å². The molecule has 106 valence electrons. The van der Waals surface area contributed by atoms with Gasteiger partial charge in [0.1, 0.15) is 0 Å². The molecule has 0 aromatic heterocycles. The number of sulfonamides is 1. The van der Waals surface area contributed by atoms with Gasteiger partial charge in [0.25, 0.3) is 0 Å². The monoisotopic (exact) mass is 348 g/mol. The van der Waals surface area contributed by atoms with E-state index in [9.17, 15) is 13.2 Å². The number of likely N-dealkylation sites (N-methyl/N-ethyl adjacent to an activating group) is 1. The van der Waals surface area contributed by atoms with Crippen molar-refractivity contribution in [2.75, 3.05) is 19.8 Å². The summed E-state index contributed by atoms with van der Waals surface area (Å²) in [6.45, 7) is 1.67. The Labute approximate surface area is 122 Å². The van der Waals surface area contributed by atoms with Crippen molar-refractivity contribution in [3.8, 4) is 0 Å². The van der Waals surface area contributed by atoms with Crippen LogP contribution in [0.2, 0.25) is 0 Å². The maximum Gasteiger partial charge on any atom is 0.235 e. The molecule has 0 saturated carbocycles. The third-order valence-electron chi connectivity index (χ3n) is 2.68. The van der Waals surface area contributed by atoms with Gasteiger partial charge in [-0.3, -0.25) is 4.79 Å². The molecule has 19 heavy (non-hydrogen) atoms. The molecule has 1 aromatic carbocycles. The minimum atomic E-state index is -3.34. The van der Waals surface area contributed by atoms with Crippen molar-refractivity contribution in [1.82, 2.24) is 9.62 Å². The molecule has 5 nitrogen and oxygen atoms in total. The fourth-order valence-corrected chi connectivity index (χ4v) is 2.06. The molecule has 0 fully saturated rings. The molecular formula is C12H17BrN2O3S. The van der Waals surface area contributed by atoms with Crippen LogP contribution in [0.5, 0.6) is 0 Å². The van der Waals surface area contributed by atoms with Gasteiger partial charge in [-0.1, -0.05) is 28.1 Å². The molecule has 0 aliphatic carbocycles. The predicted octanol–water partition coefficient (Wildman–Crippen LogP) is 1.52. The second-order valence-electron chi connectivity index (χ2n) is 4.36. The SMILES string of the molecule is C[C@H](NC(=O)CN(C)S(C)(=O)=O)c1ccc(Br)cc1. The molecule has 0 heterocycles. The molecule has 0 spiro atoms. The molecule has 0 aliphatic heterocycles. The number of hydrogen-bond donors (Lipinski definition) is 1. The maximum atomic E-state index is 11.7. The Morgan fingerprint density at radius 1 is 1.37 bits per heavy atom. The second-order valence-corrected chi connectivity index (χ2v) is 7.36. The second kappa shape index (κ2) is 6.49. The van der Waals surface area contributed by atoms with Crippen LogP contribution in [0.25, 0.3) is 0 Å². The molecule has 0 aliphatic rings. The van der Waals surface area contributed by atoms with E-state index in [1.54, 1.807) is 0 Å². The van der Waals surface area contributed by atoms with Gasteiger partial charge in [0.15, 0.2) is 0 Å². The number of hydrogen-bond acceptors (Lipinski definition) is 3. The summed E-state index contributed by atoms with van der Waals surface area (Å²) in [6.07, 6.45) is 1.07. The molecule has 0 bridgehead atoms. The Morgan fingerprint density at radius 3 is 2.37 bits per heavy atom. The lowest BCUT2D eigenvalue weighted by molar-refractivity contribution is -0.121. The lowest BCUT2D eigenvalue weighted by atomic mass is 10.1. The summed E-state index contributed by atoms with van der Waals surface area (Å²) >= 11 is 3.34. The van der Waals surface area contributed by atoms with Crippen molar-refractivity contribution in [3.63, 3.8) is 0 Å². The summed E-state index contributed by atoms with van der Waals surface area (Å²) in [5.41, 5.74) is 0.957.